The lowest BCUT2D eigenvalue weighted by Crippen LogP contribution is -2.32. The van der Waals surface area contributed by atoms with E-state index in [1.807, 2.05) is 0 Å². The Hall–Kier alpha value is -0.480. The molecule has 0 amide bonds. The standard InChI is InChI=1S/C12H13BrF2O/c1-12(15)5-4-11(16-7-12)9-3-2-8(14)6-10(9)13/h2-3,6,11H,4-5,7H2,1H3. The molecule has 0 N–H and O–H groups in total. The van der Waals surface area contributed by atoms with Crippen molar-refractivity contribution in [3.63, 3.8) is 0 Å². The average Bonchev–Trinajstić information content (AvgIpc) is 2.19. The molecule has 0 aromatic heterocycles. The molecule has 0 saturated carbocycles. The van der Waals surface area contributed by atoms with E-state index in [9.17, 15) is 8.78 Å². The lowest BCUT2D eigenvalue weighted by Gasteiger charge is -2.32. The minimum atomic E-state index is -1.23. The molecule has 1 aromatic carbocycles. The second-order valence-corrected chi connectivity index (χ2v) is 5.27. The number of halogens is 3. The fourth-order valence-electron chi connectivity index (χ4n) is 1.87. The molecule has 16 heavy (non-hydrogen) atoms. The molecule has 0 spiro atoms. The van der Waals surface area contributed by atoms with E-state index in [4.69, 9.17) is 4.74 Å². The Morgan fingerprint density at radius 1 is 1.50 bits per heavy atom. The zero-order valence-corrected chi connectivity index (χ0v) is 10.6. The van der Waals surface area contributed by atoms with Crippen molar-refractivity contribution in [3.05, 3.63) is 34.1 Å². The number of alkyl halides is 1. The number of benzene rings is 1. The predicted molar refractivity (Wildman–Crippen MR) is 61.5 cm³/mol. The van der Waals surface area contributed by atoms with Crippen LogP contribution in [-0.4, -0.2) is 12.3 Å². The second kappa shape index (κ2) is 4.41. The van der Waals surface area contributed by atoms with Gasteiger partial charge in [-0.05, 0) is 37.5 Å². The molecule has 0 radical (unpaired) electrons. The van der Waals surface area contributed by atoms with E-state index in [1.54, 1.807) is 13.0 Å². The van der Waals surface area contributed by atoms with Crippen LogP contribution in [0.5, 0.6) is 0 Å². The van der Waals surface area contributed by atoms with Gasteiger partial charge < -0.3 is 4.74 Å². The predicted octanol–water partition coefficient (Wildman–Crippen LogP) is 4.17. The van der Waals surface area contributed by atoms with Gasteiger partial charge in [0, 0.05) is 4.47 Å². The van der Waals surface area contributed by atoms with Crippen molar-refractivity contribution in [1.29, 1.82) is 0 Å². The quantitative estimate of drug-likeness (QED) is 0.754. The van der Waals surface area contributed by atoms with Crippen LogP contribution >= 0.6 is 15.9 Å². The number of ether oxygens (including phenoxy) is 1. The van der Waals surface area contributed by atoms with Gasteiger partial charge in [0.15, 0.2) is 0 Å². The van der Waals surface area contributed by atoms with Gasteiger partial charge in [0.2, 0.25) is 0 Å². The van der Waals surface area contributed by atoms with Crippen molar-refractivity contribution >= 4 is 15.9 Å². The highest BCUT2D eigenvalue weighted by Gasteiger charge is 2.32. The lowest BCUT2D eigenvalue weighted by molar-refractivity contribution is -0.0715. The third kappa shape index (κ3) is 2.61. The van der Waals surface area contributed by atoms with E-state index in [-0.39, 0.29) is 18.5 Å². The van der Waals surface area contributed by atoms with Gasteiger partial charge >= 0.3 is 0 Å². The van der Waals surface area contributed by atoms with Crippen molar-refractivity contribution < 1.29 is 13.5 Å². The lowest BCUT2D eigenvalue weighted by atomic mass is 9.94. The zero-order chi connectivity index (χ0) is 11.8. The van der Waals surface area contributed by atoms with Gasteiger partial charge in [0.25, 0.3) is 0 Å². The molecular weight excluding hydrogens is 278 g/mol. The van der Waals surface area contributed by atoms with E-state index in [2.05, 4.69) is 15.9 Å². The number of hydrogen-bond donors (Lipinski definition) is 0. The summed E-state index contributed by atoms with van der Waals surface area (Å²) in [5, 5.41) is 0. The zero-order valence-electron chi connectivity index (χ0n) is 8.97. The Labute approximate surface area is 102 Å². The Kier molecular flexibility index (Phi) is 3.31. The number of rotatable bonds is 1. The fraction of sp³-hybridized carbons (Fsp3) is 0.500. The molecule has 1 saturated heterocycles. The monoisotopic (exact) mass is 290 g/mol. The van der Waals surface area contributed by atoms with Gasteiger partial charge in [0.1, 0.15) is 11.5 Å². The third-order valence-corrected chi connectivity index (χ3v) is 3.51. The third-order valence-electron chi connectivity index (χ3n) is 2.82. The molecule has 1 fully saturated rings. The first-order valence-corrected chi connectivity index (χ1v) is 6.03. The van der Waals surface area contributed by atoms with Crippen LogP contribution in [0.15, 0.2) is 22.7 Å². The molecule has 2 unspecified atom stereocenters. The van der Waals surface area contributed by atoms with Crippen molar-refractivity contribution in [3.8, 4) is 0 Å². The van der Waals surface area contributed by atoms with Crippen LogP contribution in [0.25, 0.3) is 0 Å². The van der Waals surface area contributed by atoms with Crippen molar-refractivity contribution in [1.82, 2.24) is 0 Å². The summed E-state index contributed by atoms with van der Waals surface area (Å²) >= 11 is 3.30. The van der Waals surface area contributed by atoms with E-state index in [0.717, 1.165) is 5.56 Å². The summed E-state index contributed by atoms with van der Waals surface area (Å²) in [7, 11) is 0. The van der Waals surface area contributed by atoms with Crippen molar-refractivity contribution in [2.75, 3.05) is 6.61 Å². The van der Waals surface area contributed by atoms with Gasteiger partial charge in [-0.15, -0.1) is 0 Å². The van der Waals surface area contributed by atoms with Crippen LogP contribution in [0.2, 0.25) is 0 Å². The van der Waals surface area contributed by atoms with Gasteiger partial charge in [-0.3, -0.25) is 0 Å². The van der Waals surface area contributed by atoms with Gasteiger partial charge in [-0.25, -0.2) is 8.78 Å². The Morgan fingerprint density at radius 3 is 2.81 bits per heavy atom. The smallest absolute Gasteiger partial charge is 0.131 e. The van der Waals surface area contributed by atoms with E-state index < -0.39 is 5.67 Å². The largest absolute Gasteiger partial charge is 0.370 e. The van der Waals surface area contributed by atoms with E-state index in [1.165, 1.54) is 12.1 Å². The SMILES string of the molecule is CC1(F)CCC(c2ccc(F)cc2Br)OC1. The maximum atomic E-state index is 13.5. The topological polar surface area (TPSA) is 9.23 Å². The summed E-state index contributed by atoms with van der Waals surface area (Å²) < 4.78 is 32.6. The molecule has 1 aliphatic rings. The summed E-state index contributed by atoms with van der Waals surface area (Å²) in [6.07, 6.45) is 0.956. The molecule has 1 heterocycles. The maximum absolute atomic E-state index is 13.5. The Morgan fingerprint density at radius 2 is 2.25 bits per heavy atom. The average molecular weight is 291 g/mol. The molecule has 2 rings (SSSR count). The molecular formula is C12H13BrF2O. The van der Waals surface area contributed by atoms with Crippen LogP contribution in [0.3, 0.4) is 0 Å². The molecule has 1 aromatic rings. The summed E-state index contributed by atoms with van der Waals surface area (Å²) in [4.78, 5) is 0. The minimum Gasteiger partial charge on any atom is -0.370 e. The first-order chi connectivity index (χ1) is 7.48. The number of hydrogen-bond acceptors (Lipinski definition) is 1. The highest BCUT2D eigenvalue weighted by Crippen LogP contribution is 2.37. The van der Waals surface area contributed by atoms with Crippen molar-refractivity contribution in [2.45, 2.75) is 31.5 Å². The molecule has 1 nitrogen and oxygen atoms in total. The summed E-state index contributed by atoms with van der Waals surface area (Å²) in [6.45, 7) is 1.64. The molecule has 2 atom stereocenters. The minimum absolute atomic E-state index is 0.0987. The van der Waals surface area contributed by atoms with Gasteiger partial charge in [-0.1, -0.05) is 22.0 Å². The molecule has 4 heteroatoms. The fourth-order valence-corrected chi connectivity index (χ4v) is 2.48. The maximum Gasteiger partial charge on any atom is 0.131 e. The van der Waals surface area contributed by atoms with Gasteiger partial charge in [0.05, 0.1) is 12.7 Å². The van der Waals surface area contributed by atoms with E-state index in [0.29, 0.717) is 17.3 Å². The summed E-state index contributed by atoms with van der Waals surface area (Å²) in [5.41, 5.74) is -0.347. The second-order valence-electron chi connectivity index (χ2n) is 4.42. The molecule has 0 bridgehead atoms. The molecule has 1 aliphatic heterocycles. The summed E-state index contributed by atoms with van der Waals surface area (Å²) in [6, 6.07) is 4.49. The molecule has 0 aliphatic carbocycles. The Balaban J connectivity index is 2.14. The normalized spacial score (nSPS) is 30.4. The molecule has 88 valence electrons. The Bertz CT molecular complexity index is 383. The van der Waals surface area contributed by atoms with Gasteiger partial charge in [-0.2, -0.15) is 0 Å². The van der Waals surface area contributed by atoms with Crippen LogP contribution in [0, 0.1) is 5.82 Å². The van der Waals surface area contributed by atoms with E-state index >= 15 is 0 Å². The van der Waals surface area contributed by atoms with Crippen LogP contribution in [0.1, 0.15) is 31.4 Å². The first-order valence-electron chi connectivity index (χ1n) is 5.23. The summed E-state index contributed by atoms with van der Waals surface area (Å²) in [5.74, 6) is -0.290. The van der Waals surface area contributed by atoms with Crippen LogP contribution in [0.4, 0.5) is 8.78 Å². The van der Waals surface area contributed by atoms with Crippen LogP contribution < -0.4 is 0 Å². The van der Waals surface area contributed by atoms with Crippen molar-refractivity contribution in [2.24, 2.45) is 0 Å². The highest BCUT2D eigenvalue weighted by molar-refractivity contribution is 9.10. The highest BCUT2D eigenvalue weighted by atomic mass is 79.9. The van der Waals surface area contributed by atoms with Crippen LogP contribution in [-0.2, 0) is 4.74 Å². The first kappa shape index (κ1) is 12.0.